The van der Waals surface area contributed by atoms with Crippen LogP contribution in [0.1, 0.15) is 30.0 Å². The fourth-order valence-electron chi connectivity index (χ4n) is 2.88. The van der Waals surface area contributed by atoms with Crippen LogP contribution >= 0.6 is 0 Å². The van der Waals surface area contributed by atoms with Crippen LogP contribution in [0.3, 0.4) is 0 Å². The van der Waals surface area contributed by atoms with Crippen molar-refractivity contribution in [2.75, 3.05) is 13.1 Å². The first-order valence-electron chi connectivity index (χ1n) is 7.04. The van der Waals surface area contributed by atoms with Gasteiger partial charge in [0.1, 0.15) is 12.1 Å². The highest BCUT2D eigenvalue weighted by Crippen LogP contribution is 2.26. The molecule has 0 bridgehead atoms. The van der Waals surface area contributed by atoms with Crippen LogP contribution in [-0.4, -0.2) is 28.0 Å². The van der Waals surface area contributed by atoms with Gasteiger partial charge in [-0.25, -0.2) is 14.4 Å². The summed E-state index contributed by atoms with van der Waals surface area (Å²) in [5.74, 6) is 0.298. The third-order valence-corrected chi connectivity index (χ3v) is 3.82. The Morgan fingerprint density at radius 3 is 3.05 bits per heavy atom. The fourth-order valence-corrected chi connectivity index (χ4v) is 2.88. The molecule has 1 aliphatic rings. The molecular weight excluding hydrogens is 253 g/mol. The molecule has 3 nitrogen and oxygen atoms in total. The summed E-state index contributed by atoms with van der Waals surface area (Å²) in [7, 11) is 0. The number of benzene rings is 1. The van der Waals surface area contributed by atoms with Gasteiger partial charge in [0.05, 0.1) is 0 Å². The van der Waals surface area contributed by atoms with Crippen molar-refractivity contribution in [3.63, 3.8) is 0 Å². The first kappa shape index (κ1) is 13.2. The third-order valence-electron chi connectivity index (χ3n) is 3.82. The third kappa shape index (κ3) is 3.20. The number of nitrogens with zero attached hydrogens (tertiary/aromatic N) is 3. The molecule has 1 atom stereocenters. The molecule has 0 unspecified atom stereocenters. The molecule has 1 fully saturated rings. The van der Waals surface area contributed by atoms with E-state index in [1.165, 1.54) is 6.07 Å². The van der Waals surface area contributed by atoms with Gasteiger partial charge in [0.2, 0.25) is 0 Å². The smallest absolute Gasteiger partial charge is 0.123 e. The summed E-state index contributed by atoms with van der Waals surface area (Å²) in [6.45, 7) is 2.85. The first-order chi connectivity index (χ1) is 9.81. The van der Waals surface area contributed by atoms with Crippen LogP contribution in [0.25, 0.3) is 0 Å². The van der Waals surface area contributed by atoms with Crippen molar-refractivity contribution in [2.24, 2.45) is 0 Å². The van der Waals surface area contributed by atoms with Crippen molar-refractivity contribution in [3.8, 4) is 0 Å². The highest BCUT2D eigenvalue weighted by atomic mass is 19.1. The fraction of sp³-hybridized carbons (Fsp3) is 0.375. The zero-order chi connectivity index (χ0) is 13.8. The zero-order valence-electron chi connectivity index (χ0n) is 11.4. The summed E-state index contributed by atoms with van der Waals surface area (Å²) in [4.78, 5) is 10.7. The molecule has 0 radical (unpaired) electrons. The molecule has 1 saturated heterocycles. The molecule has 20 heavy (non-hydrogen) atoms. The van der Waals surface area contributed by atoms with Gasteiger partial charge < -0.3 is 0 Å². The summed E-state index contributed by atoms with van der Waals surface area (Å²) >= 11 is 0. The largest absolute Gasteiger partial charge is 0.298 e. The van der Waals surface area contributed by atoms with E-state index < -0.39 is 0 Å². The molecule has 2 aromatic rings. The lowest BCUT2D eigenvalue weighted by Crippen LogP contribution is -2.34. The second-order valence-electron chi connectivity index (χ2n) is 5.34. The number of halogens is 1. The molecule has 0 aliphatic carbocycles. The molecule has 1 aromatic heterocycles. The number of hydrogen-bond donors (Lipinski definition) is 0. The molecule has 0 N–H and O–H groups in total. The number of rotatable bonds is 3. The Hall–Kier alpha value is -1.81. The number of likely N-dealkylation sites (tertiary alicyclic amines) is 1. The minimum Gasteiger partial charge on any atom is -0.298 e. The van der Waals surface area contributed by atoms with Crippen molar-refractivity contribution < 1.29 is 4.39 Å². The van der Waals surface area contributed by atoms with Crippen LogP contribution in [0.2, 0.25) is 0 Å². The van der Waals surface area contributed by atoms with Crippen molar-refractivity contribution in [3.05, 3.63) is 59.9 Å². The van der Waals surface area contributed by atoms with Gasteiger partial charge in [0.15, 0.2) is 0 Å². The van der Waals surface area contributed by atoms with E-state index >= 15 is 0 Å². The number of aromatic nitrogens is 2. The Bertz CT molecular complexity index is 559. The van der Waals surface area contributed by atoms with Crippen molar-refractivity contribution in [1.82, 2.24) is 14.9 Å². The van der Waals surface area contributed by atoms with Gasteiger partial charge in [-0.1, -0.05) is 12.1 Å². The van der Waals surface area contributed by atoms with Crippen LogP contribution in [0.15, 0.2) is 42.9 Å². The van der Waals surface area contributed by atoms with E-state index in [1.54, 1.807) is 24.7 Å². The Morgan fingerprint density at radius 1 is 1.30 bits per heavy atom. The summed E-state index contributed by atoms with van der Waals surface area (Å²) in [5.41, 5.74) is 2.15. The van der Waals surface area contributed by atoms with E-state index in [1.807, 2.05) is 12.1 Å². The number of hydrogen-bond acceptors (Lipinski definition) is 3. The minimum atomic E-state index is -0.160. The SMILES string of the molecule is Fc1cccc(CN2CCC[C@H](c3ccncn3)C2)c1. The molecular formula is C16H18FN3. The normalized spacial score (nSPS) is 19.9. The molecule has 2 heterocycles. The van der Waals surface area contributed by atoms with Gasteiger partial charge >= 0.3 is 0 Å². The van der Waals surface area contributed by atoms with Crippen LogP contribution < -0.4 is 0 Å². The highest BCUT2D eigenvalue weighted by Gasteiger charge is 2.22. The quantitative estimate of drug-likeness (QED) is 0.859. The average molecular weight is 271 g/mol. The maximum absolute atomic E-state index is 13.2. The van der Waals surface area contributed by atoms with E-state index in [0.29, 0.717) is 5.92 Å². The minimum absolute atomic E-state index is 0.160. The van der Waals surface area contributed by atoms with Gasteiger partial charge in [-0.05, 0) is 43.1 Å². The van der Waals surface area contributed by atoms with E-state index in [-0.39, 0.29) is 5.82 Å². The monoisotopic (exact) mass is 271 g/mol. The summed E-state index contributed by atoms with van der Waals surface area (Å²) < 4.78 is 13.2. The molecule has 1 aliphatic heterocycles. The lowest BCUT2D eigenvalue weighted by atomic mass is 9.94. The van der Waals surface area contributed by atoms with Gasteiger partial charge in [-0.2, -0.15) is 0 Å². The lowest BCUT2D eigenvalue weighted by molar-refractivity contribution is 0.198. The van der Waals surface area contributed by atoms with Gasteiger partial charge in [0.25, 0.3) is 0 Å². The second kappa shape index (κ2) is 6.09. The van der Waals surface area contributed by atoms with E-state index in [0.717, 1.165) is 43.7 Å². The highest BCUT2D eigenvalue weighted by molar-refractivity contribution is 5.16. The summed E-state index contributed by atoms with van der Waals surface area (Å²) in [5, 5.41) is 0. The van der Waals surface area contributed by atoms with Crippen molar-refractivity contribution in [2.45, 2.75) is 25.3 Å². The maximum Gasteiger partial charge on any atom is 0.123 e. The Kier molecular flexibility index (Phi) is 4.02. The van der Waals surface area contributed by atoms with Crippen LogP contribution in [-0.2, 0) is 6.54 Å². The second-order valence-corrected chi connectivity index (χ2v) is 5.34. The van der Waals surface area contributed by atoms with Gasteiger partial charge in [-0.15, -0.1) is 0 Å². The molecule has 0 saturated carbocycles. The molecule has 1 aromatic carbocycles. The first-order valence-corrected chi connectivity index (χ1v) is 7.04. The van der Waals surface area contributed by atoms with Gasteiger partial charge in [0, 0.05) is 30.9 Å². The Morgan fingerprint density at radius 2 is 2.25 bits per heavy atom. The van der Waals surface area contributed by atoms with Gasteiger partial charge in [-0.3, -0.25) is 4.90 Å². The average Bonchev–Trinajstić information content (AvgIpc) is 2.48. The van der Waals surface area contributed by atoms with Crippen molar-refractivity contribution >= 4 is 0 Å². The summed E-state index contributed by atoms with van der Waals surface area (Å²) in [6.07, 6.45) is 5.73. The molecule has 3 rings (SSSR count). The van der Waals surface area contributed by atoms with Crippen LogP contribution in [0.5, 0.6) is 0 Å². The van der Waals surface area contributed by atoms with Crippen LogP contribution in [0, 0.1) is 5.82 Å². The standard InChI is InChI=1S/C16H18FN3/c17-15-5-1-3-13(9-15)10-20-8-2-4-14(11-20)16-6-7-18-12-19-16/h1,3,5-7,9,12,14H,2,4,8,10-11H2/t14-/m0/s1. The predicted octanol–water partition coefficient (Wildman–Crippen LogP) is 3.00. The van der Waals surface area contributed by atoms with E-state index in [2.05, 4.69) is 14.9 Å². The molecule has 0 amide bonds. The van der Waals surface area contributed by atoms with E-state index in [9.17, 15) is 4.39 Å². The van der Waals surface area contributed by atoms with Crippen LogP contribution in [0.4, 0.5) is 4.39 Å². The number of piperidine rings is 1. The molecule has 0 spiro atoms. The topological polar surface area (TPSA) is 29.0 Å². The molecule has 4 heteroatoms. The molecule has 104 valence electrons. The maximum atomic E-state index is 13.2. The van der Waals surface area contributed by atoms with Crippen molar-refractivity contribution in [1.29, 1.82) is 0 Å². The lowest BCUT2D eigenvalue weighted by Gasteiger charge is -2.32. The zero-order valence-corrected chi connectivity index (χ0v) is 11.4. The Labute approximate surface area is 118 Å². The Balaban J connectivity index is 1.66. The predicted molar refractivity (Wildman–Crippen MR) is 75.7 cm³/mol. The van der Waals surface area contributed by atoms with E-state index in [4.69, 9.17) is 0 Å². The summed E-state index contributed by atoms with van der Waals surface area (Å²) in [6, 6.07) is 8.86.